The van der Waals surface area contributed by atoms with Gasteiger partial charge >= 0.3 is 0 Å². The van der Waals surface area contributed by atoms with Crippen molar-refractivity contribution in [1.82, 2.24) is 20.5 Å². The number of rotatable bonds is 7. The van der Waals surface area contributed by atoms with E-state index in [1.54, 1.807) is 0 Å². The van der Waals surface area contributed by atoms with Gasteiger partial charge in [-0.3, -0.25) is 9.78 Å². The van der Waals surface area contributed by atoms with Crippen molar-refractivity contribution in [2.75, 3.05) is 0 Å². The third kappa shape index (κ3) is 4.97. The minimum Gasteiger partial charge on any atom is -0.421 e. The first-order valence-electron chi connectivity index (χ1n) is 8.28. The van der Waals surface area contributed by atoms with Crippen LogP contribution in [0.1, 0.15) is 30.1 Å². The van der Waals surface area contributed by atoms with Gasteiger partial charge in [-0.2, -0.15) is 0 Å². The molecule has 6 heteroatoms. The lowest BCUT2D eigenvalue weighted by molar-refractivity contribution is -0.121. The summed E-state index contributed by atoms with van der Waals surface area (Å²) in [6.07, 6.45) is 1.65. The Morgan fingerprint density at radius 3 is 2.72 bits per heavy atom. The standard InChI is InChI=1S/C19H20N4O2/c1-14-7-5-10-16(21-14)13-20-17(24)11-6-12-18-22-23-19(25-18)15-8-3-2-4-9-15/h2-5,7-10H,6,11-13H2,1H3,(H,20,24). The van der Waals surface area contributed by atoms with Crippen LogP contribution in [0.3, 0.4) is 0 Å². The highest BCUT2D eigenvalue weighted by Crippen LogP contribution is 2.17. The van der Waals surface area contributed by atoms with Gasteiger partial charge in [0.1, 0.15) is 0 Å². The molecule has 3 aromatic rings. The first-order valence-corrected chi connectivity index (χ1v) is 8.28. The van der Waals surface area contributed by atoms with Crippen molar-refractivity contribution in [3.8, 4) is 11.5 Å². The monoisotopic (exact) mass is 336 g/mol. The molecular weight excluding hydrogens is 316 g/mol. The summed E-state index contributed by atoms with van der Waals surface area (Å²) in [5.74, 6) is 1.05. The lowest BCUT2D eigenvalue weighted by atomic mass is 10.2. The Bertz CT molecular complexity index is 830. The summed E-state index contributed by atoms with van der Waals surface area (Å²) >= 11 is 0. The summed E-state index contributed by atoms with van der Waals surface area (Å²) in [5.41, 5.74) is 2.69. The molecule has 0 aliphatic carbocycles. The number of nitrogens with one attached hydrogen (secondary N) is 1. The summed E-state index contributed by atoms with van der Waals surface area (Å²) in [7, 11) is 0. The Kier molecular flexibility index (Phi) is 5.51. The van der Waals surface area contributed by atoms with Crippen LogP contribution in [0.4, 0.5) is 0 Å². The molecule has 0 fully saturated rings. The fourth-order valence-electron chi connectivity index (χ4n) is 2.43. The van der Waals surface area contributed by atoms with Crippen LogP contribution in [0.25, 0.3) is 11.5 Å². The highest BCUT2D eigenvalue weighted by molar-refractivity contribution is 5.75. The van der Waals surface area contributed by atoms with E-state index in [0.29, 0.717) is 37.6 Å². The van der Waals surface area contributed by atoms with Crippen molar-refractivity contribution >= 4 is 5.91 Å². The average Bonchev–Trinajstić information content (AvgIpc) is 3.10. The zero-order valence-corrected chi connectivity index (χ0v) is 14.1. The maximum absolute atomic E-state index is 11.9. The third-order valence-electron chi connectivity index (χ3n) is 3.69. The van der Waals surface area contributed by atoms with Crippen LogP contribution in [-0.2, 0) is 17.8 Å². The van der Waals surface area contributed by atoms with Crippen LogP contribution in [0.5, 0.6) is 0 Å². The number of carbonyl (C=O) groups is 1. The van der Waals surface area contributed by atoms with E-state index in [4.69, 9.17) is 4.42 Å². The number of aromatic nitrogens is 3. The zero-order valence-electron chi connectivity index (χ0n) is 14.1. The lowest BCUT2D eigenvalue weighted by Gasteiger charge is -2.04. The number of hydrogen-bond acceptors (Lipinski definition) is 5. The Morgan fingerprint density at radius 2 is 1.92 bits per heavy atom. The molecule has 0 saturated carbocycles. The van der Waals surface area contributed by atoms with E-state index >= 15 is 0 Å². The normalized spacial score (nSPS) is 10.6. The van der Waals surface area contributed by atoms with E-state index in [9.17, 15) is 4.79 Å². The second kappa shape index (κ2) is 8.19. The van der Waals surface area contributed by atoms with Crippen LogP contribution < -0.4 is 5.32 Å². The van der Waals surface area contributed by atoms with Gasteiger partial charge < -0.3 is 9.73 Å². The van der Waals surface area contributed by atoms with Crippen molar-refractivity contribution in [2.45, 2.75) is 32.7 Å². The molecule has 1 N–H and O–H groups in total. The van der Waals surface area contributed by atoms with Crippen LogP contribution in [-0.4, -0.2) is 21.1 Å². The molecule has 0 spiro atoms. The fourth-order valence-corrected chi connectivity index (χ4v) is 2.43. The van der Waals surface area contributed by atoms with E-state index < -0.39 is 0 Å². The Labute approximate surface area is 146 Å². The minimum absolute atomic E-state index is 0.00824. The fraction of sp³-hybridized carbons (Fsp3) is 0.263. The molecule has 2 heterocycles. The highest BCUT2D eigenvalue weighted by Gasteiger charge is 2.09. The topological polar surface area (TPSA) is 80.9 Å². The number of hydrogen-bond donors (Lipinski definition) is 1. The highest BCUT2D eigenvalue weighted by atomic mass is 16.4. The Morgan fingerprint density at radius 1 is 1.08 bits per heavy atom. The second-order valence-electron chi connectivity index (χ2n) is 5.77. The maximum Gasteiger partial charge on any atom is 0.247 e. The lowest BCUT2D eigenvalue weighted by Crippen LogP contribution is -2.23. The number of carbonyl (C=O) groups excluding carboxylic acids is 1. The number of amides is 1. The molecule has 128 valence electrons. The number of pyridine rings is 1. The van der Waals surface area contributed by atoms with Gasteiger partial charge in [-0.15, -0.1) is 10.2 Å². The van der Waals surface area contributed by atoms with Crippen molar-refractivity contribution in [3.63, 3.8) is 0 Å². The summed E-state index contributed by atoms with van der Waals surface area (Å²) < 4.78 is 5.63. The SMILES string of the molecule is Cc1cccc(CNC(=O)CCCc2nnc(-c3ccccc3)o2)n1. The first kappa shape index (κ1) is 16.8. The molecule has 0 aliphatic rings. The molecule has 1 aromatic carbocycles. The van der Waals surface area contributed by atoms with E-state index in [0.717, 1.165) is 17.0 Å². The van der Waals surface area contributed by atoms with E-state index in [1.807, 2.05) is 55.5 Å². The molecule has 0 saturated heterocycles. The van der Waals surface area contributed by atoms with Gasteiger partial charge in [0.2, 0.25) is 17.7 Å². The van der Waals surface area contributed by atoms with Crippen LogP contribution in [0.15, 0.2) is 52.9 Å². The molecule has 3 rings (SSSR count). The van der Waals surface area contributed by atoms with E-state index in [2.05, 4.69) is 20.5 Å². The number of nitrogens with zero attached hydrogens (tertiary/aromatic N) is 3. The molecule has 25 heavy (non-hydrogen) atoms. The van der Waals surface area contributed by atoms with Crippen molar-refractivity contribution in [2.24, 2.45) is 0 Å². The zero-order chi connectivity index (χ0) is 17.5. The first-order chi connectivity index (χ1) is 12.2. The van der Waals surface area contributed by atoms with Gasteiger partial charge in [-0.25, -0.2) is 0 Å². The van der Waals surface area contributed by atoms with Crippen molar-refractivity contribution in [3.05, 3.63) is 65.8 Å². The Balaban J connectivity index is 1.42. The maximum atomic E-state index is 11.9. The van der Waals surface area contributed by atoms with Gasteiger partial charge in [0.25, 0.3) is 0 Å². The molecule has 0 atom stereocenters. The summed E-state index contributed by atoms with van der Waals surface area (Å²) in [5, 5.41) is 11.0. The van der Waals surface area contributed by atoms with E-state index in [-0.39, 0.29) is 5.91 Å². The van der Waals surface area contributed by atoms with Gasteiger partial charge in [-0.05, 0) is 37.6 Å². The Hall–Kier alpha value is -3.02. The van der Waals surface area contributed by atoms with Crippen molar-refractivity contribution < 1.29 is 9.21 Å². The second-order valence-corrected chi connectivity index (χ2v) is 5.77. The summed E-state index contributed by atoms with van der Waals surface area (Å²) in [4.78, 5) is 16.3. The van der Waals surface area contributed by atoms with E-state index in [1.165, 1.54) is 0 Å². The molecule has 2 aromatic heterocycles. The van der Waals surface area contributed by atoms with Crippen LogP contribution >= 0.6 is 0 Å². The number of benzene rings is 1. The van der Waals surface area contributed by atoms with Gasteiger partial charge in [-0.1, -0.05) is 24.3 Å². The molecule has 6 nitrogen and oxygen atoms in total. The molecule has 0 aliphatic heterocycles. The van der Waals surface area contributed by atoms with Gasteiger partial charge in [0, 0.05) is 24.1 Å². The van der Waals surface area contributed by atoms with Gasteiger partial charge in [0.15, 0.2) is 0 Å². The predicted octanol–water partition coefficient (Wildman–Crippen LogP) is 3.08. The third-order valence-corrected chi connectivity index (χ3v) is 3.69. The number of aryl methyl sites for hydroxylation is 2. The van der Waals surface area contributed by atoms with Crippen LogP contribution in [0, 0.1) is 6.92 Å². The summed E-state index contributed by atoms with van der Waals surface area (Å²) in [6.45, 7) is 2.37. The molecule has 0 bridgehead atoms. The smallest absolute Gasteiger partial charge is 0.247 e. The molecule has 0 radical (unpaired) electrons. The minimum atomic E-state index is -0.00824. The van der Waals surface area contributed by atoms with Crippen molar-refractivity contribution in [1.29, 1.82) is 0 Å². The average molecular weight is 336 g/mol. The largest absolute Gasteiger partial charge is 0.421 e. The molecule has 0 unspecified atom stereocenters. The van der Waals surface area contributed by atoms with Crippen LogP contribution in [0.2, 0.25) is 0 Å². The quantitative estimate of drug-likeness (QED) is 0.717. The molecule has 1 amide bonds. The summed E-state index contributed by atoms with van der Waals surface area (Å²) in [6, 6.07) is 15.4. The molecular formula is C19H20N4O2. The van der Waals surface area contributed by atoms with Gasteiger partial charge in [0.05, 0.1) is 12.2 Å². The predicted molar refractivity (Wildman–Crippen MR) is 93.5 cm³/mol.